The molecule has 0 saturated carbocycles. The number of hydrogen-bond donors (Lipinski definition) is 1. The van der Waals surface area contributed by atoms with Crippen LogP contribution in [0.5, 0.6) is 0 Å². The Labute approximate surface area is 173 Å². The highest BCUT2D eigenvalue weighted by atomic mass is 32.2. The van der Waals surface area contributed by atoms with Gasteiger partial charge in [-0.1, -0.05) is 6.07 Å². The number of sulfonamides is 1. The van der Waals surface area contributed by atoms with Gasteiger partial charge in [-0.3, -0.25) is 0 Å². The van der Waals surface area contributed by atoms with Crippen LogP contribution in [0, 0.1) is 17.5 Å². The summed E-state index contributed by atoms with van der Waals surface area (Å²) in [5.41, 5.74) is 0.380. The number of carbonyl (C=O) groups excluding carboxylic acids is 1. The van der Waals surface area contributed by atoms with Gasteiger partial charge in [0.05, 0.1) is 11.9 Å². The molecule has 1 fully saturated rings. The second kappa shape index (κ2) is 8.65. The Morgan fingerprint density at radius 2 is 1.63 bits per heavy atom. The van der Waals surface area contributed by atoms with Crippen LogP contribution in [0.2, 0.25) is 0 Å². The first-order valence-electron chi connectivity index (χ1n) is 9.29. The summed E-state index contributed by atoms with van der Waals surface area (Å²) in [5.74, 6) is -2.29. The quantitative estimate of drug-likeness (QED) is 0.787. The van der Waals surface area contributed by atoms with Gasteiger partial charge in [-0.15, -0.1) is 0 Å². The van der Waals surface area contributed by atoms with Crippen LogP contribution < -0.4 is 5.32 Å². The zero-order valence-corrected chi connectivity index (χ0v) is 17.3. The third kappa shape index (κ3) is 5.11. The first-order chi connectivity index (χ1) is 14.0. The van der Waals surface area contributed by atoms with Gasteiger partial charge in [0.1, 0.15) is 17.5 Å². The molecule has 1 saturated heterocycles. The number of benzene rings is 2. The number of hydrogen-bond acceptors (Lipinski definition) is 3. The normalized spacial score (nSPS) is 15.8. The van der Waals surface area contributed by atoms with Crippen molar-refractivity contribution in [3.05, 3.63) is 53.8 Å². The van der Waals surface area contributed by atoms with Crippen LogP contribution in [0.1, 0.15) is 12.8 Å². The summed E-state index contributed by atoms with van der Waals surface area (Å²) in [6.07, 6.45) is 2.10. The standard InChI is InChI=1S/C20H22F3N3O3S/c1-25(17-5-7-26(8-6-17)30(2,28)29)20(27)24-19-4-3-13(11-18(19)23)14-9-15(21)12-16(22)10-14/h3-4,9-12,17H,5-8H2,1-2H3,(H,24,27). The Morgan fingerprint density at radius 1 is 1.03 bits per heavy atom. The van der Waals surface area contributed by atoms with Crippen molar-refractivity contribution in [2.24, 2.45) is 0 Å². The second-order valence-electron chi connectivity index (χ2n) is 7.29. The lowest BCUT2D eigenvalue weighted by Crippen LogP contribution is -2.48. The van der Waals surface area contributed by atoms with Crippen LogP contribution in [0.3, 0.4) is 0 Å². The van der Waals surface area contributed by atoms with Gasteiger partial charge in [0.15, 0.2) is 0 Å². The zero-order chi connectivity index (χ0) is 22.1. The van der Waals surface area contributed by atoms with Crippen molar-refractivity contribution in [2.45, 2.75) is 18.9 Å². The van der Waals surface area contributed by atoms with Gasteiger partial charge in [0, 0.05) is 32.2 Å². The van der Waals surface area contributed by atoms with E-state index in [1.165, 1.54) is 21.3 Å². The van der Waals surface area contributed by atoms with Gasteiger partial charge in [-0.2, -0.15) is 0 Å². The maximum atomic E-state index is 14.5. The summed E-state index contributed by atoms with van der Waals surface area (Å²) >= 11 is 0. The molecule has 0 spiro atoms. The fourth-order valence-electron chi connectivity index (χ4n) is 3.45. The average molecular weight is 441 g/mol. The Morgan fingerprint density at radius 3 is 2.17 bits per heavy atom. The number of nitrogens with one attached hydrogen (secondary N) is 1. The van der Waals surface area contributed by atoms with Crippen LogP contribution in [-0.2, 0) is 10.0 Å². The van der Waals surface area contributed by atoms with Crippen molar-refractivity contribution in [2.75, 3.05) is 31.7 Å². The summed E-state index contributed by atoms with van der Waals surface area (Å²) in [4.78, 5) is 13.9. The fourth-order valence-corrected chi connectivity index (χ4v) is 4.32. The average Bonchev–Trinajstić information content (AvgIpc) is 2.67. The first kappa shape index (κ1) is 22.1. The number of urea groups is 1. The van der Waals surface area contributed by atoms with Crippen LogP contribution in [0.4, 0.5) is 23.7 Å². The Bertz CT molecular complexity index is 1030. The molecule has 6 nitrogen and oxygen atoms in total. The van der Waals surface area contributed by atoms with E-state index >= 15 is 0 Å². The van der Waals surface area contributed by atoms with E-state index in [4.69, 9.17) is 0 Å². The Hall–Kier alpha value is -2.59. The Kier molecular flexibility index (Phi) is 6.37. The lowest BCUT2D eigenvalue weighted by molar-refractivity contribution is 0.174. The third-order valence-corrected chi connectivity index (χ3v) is 6.47. The molecule has 0 radical (unpaired) electrons. The van der Waals surface area contributed by atoms with E-state index < -0.39 is 33.5 Å². The molecule has 0 aliphatic carbocycles. The van der Waals surface area contributed by atoms with E-state index in [1.54, 1.807) is 7.05 Å². The molecule has 30 heavy (non-hydrogen) atoms. The van der Waals surface area contributed by atoms with Crippen molar-refractivity contribution in [3.63, 3.8) is 0 Å². The molecule has 162 valence electrons. The molecule has 3 rings (SSSR count). The van der Waals surface area contributed by atoms with Crippen molar-refractivity contribution >= 4 is 21.7 Å². The van der Waals surface area contributed by atoms with Crippen LogP contribution >= 0.6 is 0 Å². The number of carbonyl (C=O) groups is 1. The summed E-state index contributed by atoms with van der Waals surface area (Å²) in [6.45, 7) is 0.628. The van der Waals surface area contributed by atoms with Crippen LogP contribution in [0.25, 0.3) is 11.1 Å². The topological polar surface area (TPSA) is 69.7 Å². The fraction of sp³-hybridized carbons (Fsp3) is 0.350. The maximum Gasteiger partial charge on any atom is 0.321 e. The molecular weight excluding hydrogens is 419 g/mol. The molecule has 0 unspecified atom stereocenters. The molecule has 2 aromatic carbocycles. The van der Waals surface area contributed by atoms with Crippen molar-refractivity contribution in [1.82, 2.24) is 9.21 Å². The summed E-state index contributed by atoms with van der Waals surface area (Å²) in [5, 5.41) is 2.48. The number of amides is 2. The van der Waals surface area contributed by atoms with Crippen molar-refractivity contribution in [3.8, 4) is 11.1 Å². The molecule has 2 amide bonds. The van der Waals surface area contributed by atoms with E-state index in [1.807, 2.05) is 0 Å². The smallest absolute Gasteiger partial charge is 0.321 e. The SMILES string of the molecule is CN(C(=O)Nc1ccc(-c2cc(F)cc(F)c2)cc1F)C1CCN(S(C)(=O)=O)CC1. The van der Waals surface area contributed by atoms with E-state index in [0.717, 1.165) is 30.5 Å². The summed E-state index contributed by atoms with van der Waals surface area (Å²) in [6, 6.07) is 6.07. The highest BCUT2D eigenvalue weighted by Crippen LogP contribution is 2.26. The number of rotatable bonds is 4. The maximum absolute atomic E-state index is 14.5. The minimum absolute atomic E-state index is 0.0685. The zero-order valence-electron chi connectivity index (χ0n) is 16.5. The summed E-state index contributed by atoms with van der Waals surface area (Å²) < 4.78 is 65.8. The number of nitrogens with zero attached hydrogens (tertiary/aromatic N) is 2. The highest BCUT2D eigenvalue weighted by molar-refractivity contribution is 7.88. The minimum atomic E-state index is -3.26. The molecule has 1 heterocycles. The molecule has 10 heteroatoms. The molecule has 1 aliphatic heterocycles. The molecule has 0 atom stereocenters. The predicted octanol–water partition coefficient (Wildman–Crippen LogP) is 3.66. The number of halogens is 3. The lowest BCUT2D eigenvalue weighted by Gasteiger charge is -2.35. The molecule has 1 N–H and O–H groups in total. The van der Waals surface area contributed by atoms with Crippen molar-refractivity contribution in [1.29, 1.82) is 0 Å². The minimum Gasteiger partial charge on any atom is -0.325 e. The van der Waals surface area contributed by atoms with E-state index in [2.05, 4.69) is 5.32 Å². The van der Waals surface area contributed by atoms with E-state index in [-0.39, 0.29) is 22.9 Å². The van der Waals surface area contributed by atoms with Gasteiger partial charge >= 0.3 is 6.03 Å². The van der Waals surface area contributed by atoms with Crippen LogP contribution in [-0.4, -0.2) is 56.1 Å². The predicted molar refractivity (Wildman–Crippen MR) is 108 cm³/mol. The molecule has 0 bridgehead atoms. The number of anilines is 1. The second-order valence-corrected chi connectivity index (χ2v) is 9.27. The molecular formula is C20H22F3N3O3S. The van der Waals surface area contributed by atoms with E-state index in [0.29, 0.717) is 25.9 Å². The van der Waals surface area contributed by atoms with Gasteiger partial charge in [0.2, 0.25) is 10.0 Å². The first-order valence-corrected chi connectivity index (χ1v) is 11.1. The van der Waals surface area contributed by atoms with Crippen molar-refractivity contribution < 1.29 is 26.4 Å². The third-order valence-electron chi connectivity index (χ3n) is 5.17. The molecule has 2 aromatic rings. The van der Waals surface area contributed by atoms with Gasteiger partial charge in [0.25, 0.3) is 0 Å². The monoisotopic (exact) mass is 441 g/mol. The van der Waals surface area contributed by atoms with E-state index in [9.17, 15) is 26.4 Å². The van der Waals surface area contributed by atoms with Crippen LogP contribution in [0.15, 0.2) is 36.4 Å². The lowest BCUT2D eigenvalue weighted by atomic mass is 10.0. The van der Waals surface area contributed by atoms with Gasteiger partial charge < -0.3 is 10.2 Å². The Balaban J connectivity index is 1.67. The molecule has 1 aliphatic rings. The highest BCUT2D eigenvalue weighted by Gasteiger charge is 2.29. The molecule has 0 aromatic heterocycles. The number of piperidine rings is 1. The summed E-state index contributed by atoms with van der Waals surface area (Å²) in [7, 11) is -1.70. The van der Waals surface area contributed by atoms with Gasteiger partial charge in [-0.25, -0.2) is 30.7 Å². The van der Waals surface area contributed by atoms with Gasteiger partial charge in [-0.05, 0) is 48.2 Å². The largest absolute Gasteiger partial charge is 0.325 e.